The third-order valence-corrected chi connectivity index (χ3v) is 3.10. The van der Waals surface area contributed by atoms with Gasteiger partial charge in [-0.15, -0.1) is 11.3 Å². The number of rotatable bonds is 2. The molecule has 3 nitrogen and oxygen atoms in total. The average Bonchev–Trinajstić information content (AvgIpc) is 2.54. The first-order valence-corrected chi connectivity index (χ1v) is 5.11. The minimum atomic E-state index is -1.02. The predicted molar refractivity (Wildman–Crippen MR) is 60.2 cm³/mol. The summed E-state index contributed by atoms with van der Waals surface area (Å²) in [6.07, 6.45) is 2.42. The van der Waals surface area contributed by atoms with E-state index in [4.69, 9.17) is 5.11 Å². The Morgan fingerprint density at radius 2 is 2.07 bits per heavy atom. The number of carboxylic acid groups (broad SMARTS) is 1. The molecule has 2 aromatic rings. The molecule has 0 radical (unpaired) electrons. The fraction of sp³-hybridized carbons (Fsp3) is 0. The Morgan fingerprint density at radius 3 is 2.73 bits per heavy atom. The number of fused-ring (bicyclic) bond motifs is 1. The first-order chi connectivity index (χ1) is 7.18. The minimum absolute atomic E-state index is 0.146. The first-order valence-electron chi connectivity index (χ1n) is 4.30. The van der Waals surface area contributed by atoms with Crippen LogP contribution in [0.3, 0.4) is 0 Å². The van der Waals surface area contributed by atoms with Crippen molar-refractivity contribution in [2.45, 2.75) is 0 Å². The molecule has 0 saturated carbocycles. The smallest absolute Gasteiger partial charge is 0.328 e. The van der Waals surface area contributed by atoms with E-state index >= 15 is 0 Å². The third kappa shape index (κ3) is 1.85. The molecule has 1 aromatic carbocycles. The van der Waals surface area contributed by atoms with Crippen molar-refractivity contribution in [3.63, 3.8) is 0 Å². The second-order valence-corrected chi connectivity index (χ2v) is 4.07. The van der Waals surface area contributed by atoms with Crippen LogP contribution in [-0.4, -0.2) is 16.2 Å². The summed E-state index contributed by atoms with van der Waals surface area (Å²) in [6, 6.07) is 7.40. The number of benzene rings is 1. The molecule has 4 heteroatoms. The summed E-state index contributed by atoms with van der Waals surface area (Å²) >= 11 is 1.37. The molecule has 0 unspecified atom stereocenters. The van der Waals surface area contributed by atoms with E-state index in [1.165, 1.54) is 17.4 Å². The van der Waals surface area contributed by atoms with E-state index in [1.807, 2.05) is 18.2 Å². The van der Waals surface area contributed by atoms with Crippen LogP contribution in [0.5, 0.6) is 5.75 Å². The van der Waals surface area contributed by atoms with E-state index in [1.54, 1.807) is 6.07 Å². The highest BCUT2D eigenvalue weighted by atomic mass is 32.1. The number of hydrogen-bond acceptors (Lipinski definition) is 3. The van der Waals surface area contributed by atoms with Crippen molar-refractivity contribution in [3.8, 4) is 5.75 Å². The Hall–Kier alpha value is -1.81. The number of thiophene rings is 1. The zero-order chi connectivity index (χ0) is 10.8. The molecule has 76 valence electrons. The molecule has 0 aliphatic rings. The van der Waals surface area contributed by atoms with Crippen molar-refractivity contribution in [3.05, 3.63) is 35.2 Å². The SMILES string of the molecule is O=C(O)/C=C/c1sc2ccccc2c1O. The number of carboxylic acids is 1. The molecule has 0 spiro atoms. The summed E-state index contributed by atoms with van der Waals surface area (Å²) in [4.78, 5) is 10.9. The van der Waals surface area contributed by atoms with Gasteiger partial charge in [0.25, 0.3) is 0 Å². The maximum atomic E-state index is 10.3. The molecule has 1 heterocycles. The fourth-order valence-corrected chi connectivity index (χ4v) is 2.31. The molecule has 15 heavy (non-hydrogen) atoms. The number of aromatic hydroxyl groups is 1. The van der Waals surface area contributed by atoms with Crippen molar-refractivity contribution >= 4 is 33.5 Å². The van der Waals surface area contributed by atoms with Crippen molar-refractivity contribution < 1.29 is 15.0 Å². The second kappa shape index (κ2) is 3.74. The number of carbonyl (C=O) groups is 1. The van der Waals surface area contributed by atoms with Gasteiger partial charge in [-0.2, -0.15) is 0 Å². The lowest BCUT2D eigenvalue weighted by Gasteiger charge is -1.89. The average molecular weight is 220 g/mol. The highest BCUT2D eigenvalue weighted by Crippen LogP contribution is 2.37. The van der Waals surface area contributed by atoms with Crippen molar-refractivity contribution in [2.24, 2.45) is 0 Å². The standard InChI is InChI=1S/C11H8O3S/c12-10(13)6-5-9-11(14)7-3-1-2-4-8(7)15-9/h1-6,14H,(H,12,13)/b6-5+. The van der Waals surface area contributed by atoms with E-state index in [0.29, 0.717) is 4.88 Å². The third-order valence-electron chi connectivity index (χ3n) is 1.97. The lowest BCUT2D eigenvalue weighted by molar-refractivity contribution is -0.131. The summed E-state index contributed by atoms with van der Waals surface area (Å²) in [7, 11) is 0. The topological polar surface area (TPSA) is 57.5 Å². The summed E-state index contributed by atoms with van der Waals surface area (Å²) in [6.45, 7) is 0. The molecule has 0 fully saturated rings. The monoisotopic (exact) mass is 220 g/mol. The van der Waals surface area contributed by atoms with Gasteiger partial charge in [-0.05, 0) is 18.2 Å². The van der Waals surface area contributed by atoms with E-state index in [9.17, 15) is 9.90 Å². The summed E-state index contributed by atoms with van der Waals surface area (Å²) < 4.78 is 0.944. The van der Waals surface area contributed by atoms with Gasteiger partial charge in [0, 0.05) is 16.2 Å². The zero-order valence-corrected chi connectivity index (χ0v) is 8.49. The van der Waals surface area contributed by atoms with E-state index in [-0.39, 0.29) is 5.75 Å². The predicted octanol–water partition coefficient (Wildman–Crippen LogP) is 2.70. The highest BCUT2D eigenvalue weighted by molar-refractivity contribution is 7.20. The second-order valence-electron chi connectivity index (χ2n) is 2.98. The molecular formula is C11H8O3S. The molecule has 2 N–H and O–H groups in total. The summed E-state index contributed by atoms with van der Waals surface area (Å²) in [5.41, 5.74) is 0. The van der Waals surface area contributed by atoms with Crippen molar-refractivity contribution in [1.82, 2.24) is 0 Å². The Balaban J connectivity index is 2.53. The quantitative estimate of drug-likeness (QED) is 0.765. The van der Waals surface area contributed by atoms with Gasteiger partial charge in [-0.1, -0.05) is 12.1 Å². The molecule has 0 aliphatic heterocycles. The molecule has 0 saturated heterocycles. The Labute approximate surface area is 89.9 Å². The summed E-state index contributed by atoms with van der Waals surface area (Å²) in [5.74, 6) is -0.875. The van der Waals surface area contributed by atoms with E-state index in [2.05, 4.69) is 0 Å². The van der Waals surface area contributed by atoms with Crippen LogP contribution in [0.25, 0.3) is 16.2 Å². The minimum Gasteiger partial charge on any atom is -0.506 e. The lowest BCUT2D eigenvalue weighted by Crippen LogP contribution is -1.84. The highest BCUT2D eigenvalue weighted by Gasteiger charge is 2.07. The van der Waals surface area contributed by atoms with Crippen LogP contribution in [0.2, 0.25) is 0 Å². The molecule has 0 bridgehead atoms. The lowest BCUT2D eigenvalue weighted by atomic mass is 10.2. The van der Waals surface area contributed by atoms with Crippen LogP contribution in [0.1, 0.15) is 4.88 Å². The first kappa shape index (κ1) is 9.73. The molecular weight excluding hydrogens is 212 g/mol. The van der Waals surface area contributed by atoms with E-state index in [0.717, 1.165) is 16.2 Å². The van der Waals surface area contributed by atoms with Gasteiger partial charge >= 0.3 is 5.97 Å². The van der Waals surface area contributed by atoms with Crippen LogP contribution < -0.4 is 0 Å². The van der Waals surface area contributed by atoms with Gasteiger partial charge in [0.2, 0.25) is 0 Å². The van der Waals surface area contributed by atoms with Crippen LogP contribution in [0.15, 0.2) is 30.3 Å². The normalized spacial score (nSPS) is 11.2. The van der Waals surface area contributed by atoms with Crippen LogP contribution in [-0.2, 0) is 4.79 Å². The Morgan fingerprint density at radius 1 is 1.33 bits per heavy atom. The van der Waals surface area contributed by atoms with Crippen molar-refractivity contribution in [1.29, 1.82) is 0 Å². The van der Waals surface area contributed by atoms with Gasteiger partial charge in [0.1, 0.15) is 5.75 Å². The van der Waals surface area contributed by atoms with Gasteiger partial charge in [0.05, 0.1) is 4.88 Å². The van der Waals surface area contributed by atoms with Gasteiger partial charge in [-0.25, -0.2) is 4.79 Å². The summed E-state index contributed by atoms with van der Waals surface area (Å²) in [5, 5.41) is 19.0. The van der Waals surface area contributed by atoms with Crippen LogP contribution >= 0.6 is 11.3 Å². The maximum absolute atomic E-state index is 10.3. The van der Waals surface area contributed by atoms with Gasteiger partial charge in [0.15, 0.2) is 0 Å². The zero-order valence-electron chi connectivity index (χ0n) is 7.68. The van der Waals surface area contributed by atoms with Crippen LogP contribution in [0, 0.1) is 0 Å². The molecule has 0 aliphatic carbocycles. The van der Waals surface area contributed by atoms with Gasteiger partial charge in [-0.3, -0.25) is 0 Å². The Bertz CT molecular complexity index is 540. The fourth-order valence-electron chi connectivity index (χ4n) is 1.31. The largest absolute Gasteiger partial charge is 0.506 e. The number of hydrogen-bond donors (Lipinski definition) is 2. The van der Waals surface area contributed by atoms with E-state index < -0.39 is 5.97 Å². The molecule has 2 rings (SSSR count). The molecule has 0 atom stereocenters. The molecule has 1 aromatic heterocycles. The van der Waals surface area contributed by atoms with Crippen molar-refractivity contribution in [2.75, 3.05) is 0 Å². The Kier molecular flexibility index (Phi) is 2.43. The maximum Gasteiger partial charge on any atom is 0.328 e. The van der Waals surface area contributed by atoms with Gasteiger partial charge < -0.3 is 10.2 Å². The van der Waals surface area contributed by atoms with Crippen LogP contribution in [0.4, 0.5) is 0 Å². The number of aliphatic carboxylic acids is 1. The molecule has 0 amide bonds.